The van der Waals surface area contributed by atoms with Gasteiger partial charge in [0.1, 0.15) is 0 Å². The van der Waals surface area contributed by atoms with Gasteiger partial charge in [0.2, 0.25) is 0 Å². The predicted molar refractivity (Wildman–Crippen MR) is 32.0 cm³/mol. The quantitative estimate of drug-likeness (QED) is 0.575. The molecule has 3 nitrogen and oxygen atoms in total. The number of hydrogen-bond donors (Lipinski definition) is 2. The van der Waals surface area contributed by atoms with E-state index in [1.165, 1.54) is 0 Å². The van der Waals surface area contributed by atoms with Crippen LogP contribution in [0.25, 0.3) is 0 Å². The SMILES string of the molecule is Br.NC(=O)NBr. The van der Waals surface area contributed by atoms with Crippen LogP contribution in [0.15, 0.2) is 0 Å². The average molecular weight is 220 g/mol. The predicted octanol–water partition coefficient (Wildman–Crippen LogP) is 0.543. The van der Waals surface area contributed by atoms with Crippen LogP contribution >= 0.6 is 33.1 Å². The maximum absolute atomic E-state index is 9.43. The standard InChI is InChI=1S/CH3BrN2O.BrH/c2-4-1(3)5;/h(H3,3,4,5);1H. The van der Waals surface area contributed by atoms with Crippen LogP contribution in [0.3, 0.4) is 0 Å². The smallest absolute Gasteiger partial charge is 0.322 e. The fourth-order valence-corrected chi connectivity index (χ4v) is 0. The topological polar surface area (TPSA) is 55.1 Å². The molecule has 0 saturated carbocycles. The second-order valence-electron chi connectivity index (χ2n) is 0.459. The van der Waals surface area contributed by atoms with Crippen LogP contribution in [0, 0.1) is 0 Å². The Bertz CT molecular complexity index is 46.8. The summed E-state index contributed by atoms with van der Waals surface area (Å²) in [7, 11) is 0. The van der Waals surface area contributed by atoms with Gasteiger partial charge in [-0.2, -0.15) is 0 Å². The largest absolute Gasteiger partial charge is 0.351 e. The summed E-state index contributed by atoms with van der Waals surface area (Å²) in [6.07, 6.45) is 0. The number of hydrogen-bond acceptors (Lipinski definition) is 1. The van der Waals surface area contributed by atoms with Crippen molar-refractivity contribution in [1.29, 1.82) is 0 Å². The zero-order chi connectivity index (χ0) is 4.28. The number of halogens is 2. The van der Waals surface area contributed by atoms with E-state index in [9.17, 15) is 4.79 Å². The van der Waals surface area contributed by atoms with E-state index in [2.05, 4.69) is 21.9 Å². The van der Waals surface area contributed by atoms with Crippen molar-refractivity contribution in [2.45, 2.75) is 0 Å². The highest BCUT2D eigenvalue weighted by atomic mass is 79.9. The van der Waals surface area contributed by atoms with Gasteiger partial charge in [-0.05, 0) is 0 Å². The Morgan fingerprint density at radius 2 is 2.00 bits per heavy atom. The summed E-state index contributed by atoms with van der Waals surface area (Å²) in [4.78, 5) is 9.43. The number of urea groups is 1. The minimum absolute atomic E-state index is 0. The molecule has 0 aromatic carbocycles. The normalized spacial score (nSPS) is 5.50. The molecule has 0 radical (unpaired) electrons. The zero-order valence-corrected chi connectivity index (χ0v) is 6.07. The van der Waals surface area contributed by atoms with Gasteiger partial charge in [0.15, 0.2) is 0 Å². The number of carbonyl (C=O) groups excluding carboxylic acids is 1. The number of nitrogens with two attached hydrogens (primary N) is 1. The minimum atomic E-state index is -0.579. The molecule has 0 heterocycles. The van der Waals surface area contributed by atoms with Crippen LogP contribution < -0.4 is 10.1 Å². The Labute approximate surface area is 54.4 Å². The van der Waals surface area contributed by atoms with Crippen LogP contribution in [0.1, 0.15) is 0 Å². The molecule has 2 amide bonds. The molecule has 3 N–H and O–H groups in total. The van der Waals surface area contributed by atoms with Gasteiger partial charge in [-0.15, -0.1) is 17.0 Å². The molecule has 0 saturated heterocycles. The molecule has 0 unspecified atom stereocenters. The van der Waals surface area contributed by atoms with Crippen LogP contribution in [-0.4, -0.2) is 6.03 Å². The molecule has 0 rings (SSSR count). The van der Waals surface area contributed by atoms with Gasteiger partial charge in [-0.1, -0.05) is 0 Å². The third-order valence-corrected chi connectivity index (χ3v) is 0.484. The highest BCUT2D eigenvalue weighted by Crippen LogP contribution is 1.59. The zero-order valence-electron chi connectivity index (χ0n) is 2.77. The number of primary amides is 1. The van der Waals surface area contributed by atoms with Crippen molar-refractivity contribution in [3.8, 4) is 0 Å². The average Bonchev–Trinajstić information content (AvgIpc) is 1.38. The molecular weight excluding hydrogens is 216 g/mol. The second-order valence-corrected chi connectivity index (χ2v) is 0.855. The first-order valence-corrected chi connectivity index (χ1v) is 1.72. The van der Waals surface area contributed by atoms with Crippen molar-refractivity contribution in [3.05, 3.63) is 0 Å². The number of carbonyl (C=O) groups is 1. The number of amides is 2. The molecule has 6 heavy (non-hydrogen) atoms. The molecule has 0 aliphatic heterocycles. The summed E-state index contributed by atoms with van der Waals surface area (Å²) < 4.78 is 1.98. The van der Waals surface area contributed by atoms with Crippen molar-refractivity contribution in [3.63, 3.8) is 0 Å². The summed E-state index contributed by atoms with van der Waals surface area (Å²) in [5.74, 6) is 0. The first-order chi connectivity index (χ1) is 2.27. The van der Waals surface area contributed by atoms with Gasteiger partial charge in [-0.3, -0.25) is 4.34 Å². The van der Waals surface area contributed by atoms with Gasteiger partial charge in [0.25, 0.3) is 0 Å². The number of rotatable bonds is 0. The van der Waals surface area contributed by atoms with E-state index in [0.29, 0.717) is 0 Å². The molecule has 0 aromatic rings. The van der Waals surface area contributed by atoms with Crippen LogP contribution in [-0.2, 0) is 0 Å². The van der Waals surface area contributed by atoms with Crippen molar-refractivity contribution in [2.75, 3.05) is 0 Å². The molecule has 0 spiro atoms. The van der Waals surface area contributed by atoms with Crippen molar-refractivity contribution in [2.24, 2.45) is 5.73 Å². The first-order valence-electron chi connectivity index (χ1n) is 0.932. The molecule has 0 atom stereocenters. The molecule has 0 bridgehead atoms. The van der Waals surface area contributed by atoms with Crippen molar-refractivity contribution >= 4 is 39.2 Å². The van der Waals surface area contributed by atoms with E-state index >= 15 is 0 Å². The summed E-state index contributed by atoms with van der Waals surface area (Å²) >= 11 is 2.59. The van der Waals surface area contributed by atoms with Gasteiger partial charge < -0.3 is 5.73 Å². The van der Waals surface area contributed by atoms with Gasteiger partial charge >= 0.3 is 6.03 Å². The molecule has 38 valence electrons. The van der Waals surface area contributed by atoms with E-state index in [4.69, 9.17) is 0 Å². The van der Waals surface area contributed by atoms with Gasteiger partial charge in [0.05, 0.1) is 16.1 Å². The molecule has 0 aromatic heterocycles. The van der Waals surface area contributed by atoms with E-state index in [1.54, 1.807) is 0 Å². The summed E-state index contributed by atoms with van der Waals surface area (Å²) in [5, 5.41) is 0. The van der Waals surface area contributed by atoms with E-state index in [0.717, 1.165) is 0 Å². The van der Waals surface area contributed by atoms with E-state index in [-0.39, 0.29) is 17.0 Å². The molecule has 0 aliphatic rings. The van der Waals surface area contributed by atoms with Crippen LogP contribution in [0.5, 0.6) is 0 Å². The lowest BCUT2D eigenvalue weighted by Crippen LogP contribution is -2.19. The first kappa shape index (κ1) is 9.52. The minimum Gasteiger partial charge on any atom is -0.351 e. The Kier molecular flexibility index (Phi) is 8.30. The third kappa shape index (κ3) is 8.87. The molecule has 0 aliphatic carbocycles. The maximum Gasteiger partial charge on any atom is 0.322 e. The Morgan fingerprint density at radius 1 is 1.83 bits per heavy atom. The Morgan fingerprint density at radius 3 is 2.00 bits per heavy atom. The second kappa shape index (κ2) is 5.23. The van der Waals surface area contributed by atoms with Gasteiger partial charge in [0, 0.05) is 0 Å². The van der Waals surface area contributed by atoms with Crippen LogP contribution in [0.2, 0.25) is 0 Å². The lowest BCUT2D eigenvalue weighted by Gasteiger charge is -1.77. The highest BCUT2D eigenvalue weighted by Gasteiger charge is 1.75. The molecule has 5 heteroatoms. The Balaban J connectivity index is 0. The van der Waals surface area contributed by atoms with Crippen molar-refractivity contribution in [1.82, 2.24) is 4.34 Å². The summed E-state index contributed by atoms with van der Waals surface area (Å²) in [6, 6.07) is -0.579. The van der Waals surface area contributed by atoms with Gasteiger partial charge in [-0.25, -0.2) is 4.79 Å². The van der Waals surface area contributed by atoms with Crippen LogP contribution in [0.4, 0.5) is 4.79 Å². The van der Waals surface area contributed by atoms with E-state index in [1.807, 2.05) is 4.34 Å². The number of nitrogens with one attached hydrogen (secondary N) is 1. The fraction of sp³-hybridized carbons (Fsp3) is 0. The molecular formula is CH4Br2N2O. The summed E-state index contributed by atoms with van der Waals surface area (Å²) in [5.41, 5.74) is 4.49. The monoisotopic (exact) mass is 218 g/mol. The summed E-state index contributed by atoms with van der Waals surface area (Å²) in [6.45, 7) is 0. The lowest BCUT2D eigenvalue weighted by molar-refractivity contribution is 0.254. The fourth-order valence-electron chi connectivity index (χ4n) is 0. The lowest BCUT2D eigenvalue weighted by atomic mass is 11.2. The highest BCUT2D eigenvalue weighted by molar-refractivity contribution is 9.08. The van der Waals surface area contributed by atoms with Crippen molar-refractivity contribution < 1.29 is 4.79 Å². The van der Waals surface area contributed by atoms with E-state index < -0.39 is 6.03 Å². The Hall–Kier alpha value is 0.230. The maximum atomic E-state index is 9.43. The molecule has 0 fully saturated rings. The third-order valence-electron chi connectivity index (χ3n) is 0.0931.